The summed E-state index contributed by atoms with van der Waals surface area (Å²) in [5, 5.41) is 5.25. The Hall–Kier alpha value is -4.29. The Labute approximate surface area is 201 Å². The molecule has 0 unspecified atom stereocenters. The molecule has 6 nitrogen and oxygen atoms in total. The highest BCUT2D eigenvalue weighted by Crippen LogP contribution is 2.30. The van der Waals surface area contributed by atoms with Gasteiger partial charge in [-0.05, 0) is 48.0 Å². The van der Waals surface area contributed by atoms with Crippen molar-refractivity contribution in [3.63, 3.8) is 0 Å². The lowest BCUT2D eigenvalue weighted by Crippen LogP contribution is -2.14. The highest BCUT2D eigenvalue weighted by Gasteiger charge is 2.09. The number of carbonyl (C=O) groups excluding carboxylic acids is 1. The van der Waals surface area contributed by atoms with Crippen LogP contribution < -0.4 is 16.2 Å². The standard InChI is InChI=1S/C27H21ClN4O2/c28-19-8-6-9-20(16-19)29-27(33)34-17-18-7-5-10-21(15-18)31-32-26-22-11-1-3-13-24(22)30-25-14-4-2-12-23(25)26/h1-16,31H,17H2,(H,29,33)(H,30,32). The van der Waals surface area contributed by atoms with E-state index in [4.69, 9.17) is 21.3 Å². The second-order valence-electron chi connectivity index (χ2n) is 7.68. The van der Waals surface area contributed by atoms with Crippen LogP contribution in [0.25, 0.3) is 21.8 Å². The molecule has 0 aliphatic heterocycles. The van der Waals surface area contributed by atoms with E-state index >= 15 is 0 Å². The van der Waals surface area contributed by atoms with Crippen molar-refractivity contribution in [2.75, 3.05) is 16.2 Å². The third kappa shape index (κ3) is 4.87. The van der Waals surface area contributed by atoms with Crippen LogP contribution >= 0.6 is 11.6 Å². The average molecular weight is 469 g/mol. The Kier molecular flexibility index (Phi) is 6.14. The second kappa shape index (κ2) is 9.68. The van der Waals surface area contributed by atoms with E-state index in [1.165, 1.54) is 0 Å². The summed E-state index contributed by atoms with van der Waals surface area (Å²) in [7, 11) is 0. The number of nitrogens with zero attached hydrogens (tertiary/aromatic N) is 1. The molecule has 0 spiro atoms. The molecular formula is C27H21ClN4O2. The quantitative estimate of drug-likeness (QED) is 0.181. The molecule has 0 aliphatic rings. The largest absolute Gasteiger partial charge is 0.444 e. The van der Waals surface area contributed by atoms with Crippen LogP contribution in [0, 0.1) is 0 Å². The first-order valence-corrected chi connectivity index (χ1v) is 11.1. The highest BCUT2D eigenvalue weighted by molar-refractivity contribution is 6.30. The van der Waals surface area contributed by atoms with E-state index in [2.05, 4.69) is 16.2 Å². The molecule has 0 saturated carbocycles. The lowest BCUT2D eigenvalue weighted by molar-refractivity contribution is 0.155. The molecule has 34 heavy (non-hydrogen) atoms. The van der Waals surface area contributed by atoms with E-state index in [0.717, 1.165) is 38.7 Å². The molecule has 0 bridgehead atoms. The van der Waals surface area contributed by atoms with Gasteiger partial charge in [-0.2, -0.15) is 0 Å². The Bertz CT molecular complexity index is 1430. The van der Waals surface area contributed by atoms with Gasteiger partial charge in [-0.3, -0.25) is 10.7 Å². The van der Waals surface area contributed by atoms with Crippen LogP contribution in [-0.2, 0) is 11.3 Å². The van der Waals surface area contributed by atoms with Crippen LogP contribution in [0.2, 0.25) is 5.02 Å². The fraction of sp³-hybridized carbons (Fsp3) is 0.0370. The molecule has 168 valence electrons. The van der Waals surface area contributed by atoms with Gasteiger partial charge in [0.1, 0.15) is 6.61 Å². The first-order valence-electron chi connectivity index (χ1n) is 10.7. The summed E-state index contributed by atoms with van der Waals surface area (Å²) in [5.74, 6) is 0. The van der Waals surface area contributed by atoms with Crippen molar-refractivity contribution in [1.82, 2.24) is 4.98 Å². The maximum absolute atomic E-state index is 12.1. The van der Waals surface area contributed by atoms with Crippen molar-refractivity contribution in [2.24, 2.45) is 0 Å². The SMILES string of the molecule is O=C(Nc1cccc(Cl)c1)OCc1cccc(NNc2c3ccccc3nc3ccccc23)c1. The van der Waals surface area contributed by atoms with Crippen LogP contribution in [0.5, 0.6) is 0 Å². The van der Waals surface area contributed by atoms with Gasteiger partial charge in [-0.25, -0.2) is 9.78 Å². The smallest absolute Gasteiger partial charge is 0.411 e. The Morgan fingerprint density at radius 1 is 0.765 bits per heavy atom. The maximum Gasteiger partial charge on any atom is 0.411 e. The molecule has 4 aromatic carbocycles. The number of ether oxygens (including phenoxy) is 1. The number of benzene rings is 4. The van der Waals surface area contributed by atoms with Gasteiger partial charge < -0.3 is 10.2 Å². The van der Waals surface area contributed by atoms with Crippen LogP contribution in [0.3, 0.4) is 0 Å². The zero-order valence-electron chi connectivity index (χ0n) is 18.1. The summed E-state index contributed by atoms with van der Waals surface area (Å²) in [6.45, 7) is 0.128. The predicted molar refractivity (Wildman–Crippen MR) is 138 cm³/mol. The molecule has 5 rings (SSSR count). The van der Waals surface area contributed by atoms with E-state index in [1.54, 1.807) is 24.3 Å². The number of hydrogen-bond donors (Lipinski definition) is 3. The van der Waals surface area contributed by atoms with E-state index in [9.17, 15) is 4.79 Å². The number of carbonyl (C=O) groups is 1. The summed E-state index contributed by atoms with van der Waals surface area (Å²) in [4.78, 5) is 16.9. The average Bonchev–Trinajstić information content (AvgIpc) is 2.85. The number of aromatic nitrogens is 1. The molecule has 1 heterocycles. The molecule has 0 atom stereocenters. The van der Waals surface area contributed by atoms with Crippen molar-refractivity contribution in [3.05, 3.63) is 108 Å². The second-order valence-corrected chi connectivity index (χ2v) is 8.12. The molecule has 5 aromatic rings. The number of amides is 1. The van der Waals surface area contributed by atoms with Crippen molar-refractivity contribution >= 4 is 56.6 Å². The van der Waals surface area contributed by atoms with Crippen molar-refractivity contribution in [1.29, 1.82) is 0 Å². The summed E-state index contributed by atoms with van der Waals surface area (Å²) in [6.07, 6.45) is -0.548. The fourth-order valence-corrected chi connectivity index (χ4v) is 3.91. The highest BCUT2D eigenvalue weighted by atomic mass is 35.5. The summed E-state index contributed by atoms with van der Waals surface area (Å²) >= 11 is 5.95. The first kappa shape index (κ1) is 21.6. The van der Waals surface area contributed by atoms with E-state index in [1.807, 2.05) is 72.8 Å². The van der Waals surface area contributed by atoms with Crippen molar-refractivity contribution in [3.8, 4) is 0 Å². The van der Waals surface area contributed by atoms with E-state index in [0.29, 0.717) is 10.7 Å². The zero-order chi connectivity index (χ0) is 23.3. The van der Waals surface area contributed by atoms with Gasteiger partial charge >= 0.3 is 6.09 Å². The maximum atomic E-state index is 12.1. The van der Waals surface area contributed by atoms with Gasteiger partial charge in [0, 0.05) is 21.5 Å². The van der Waals surface area contributed by atoms with Crippen LogP contribution in [0.1, 0.15) is 5.56 Å². The number of para-hydroxylation sites is 2. The number of pyridine rings is 1. The topological polar surface area (TPSA) is 75.3 Å². The van der Waals surface area contributed by atoms with Gasteiger partial charge in [-0.1, -0.05) is 66.2 Å². The summed E-state index contributed by atoms with van der Waals surface area (Å²) < 4.78 is 5.36. The number of halogens is 1. The lowest BCUT2D eigenvalue weighted by Gasteiger charge is -2.15. The molecule has 1 amide bonds. The van der Waals surface area contributed by atoms with Crippen LogP contribution in [0.4, 0.5) is 21.9 Å². The van der Waals surface area contributed by atoms with Crippen LogP contribution in [-0.4, -0.2) is 11.1 Å². The Balaban J connectivity index is 1.28. The van der Waals surface area contributed by atoms with Gasteiger partial charge in [-0.15, -0.1) is 0 Å². The monoisotopic (exact) mass is 468 g/mol. The zero-order valence-corrected chi connectivity index (χ0v) is 18.8. The normalized spacial score (nSPS) is 10.7. The van der Waals surface area contributed by atoms with Gasteiger partial charge in [0.15, 0.2) is 0 Å². The molecule has 0 aliphatic carbocycles. The minimum absolute atomic E-state index is 0.128. The minimum Gasteiger partial charge on any atom is -0.444 e. The third-order valence-electron chi connectivity index (χ3n) is 5.29. The lowest BCUT2D eigenvalue weighted by atomic mass is 10.1. The number of hydrazine groups is 1. The molecular weight excluding hydrogens is 448 g/mol. The van der Waals surface area contributed by atoms with E-state index in [-0.39, 0.29) is 6.61 Å². The Morgan fingerprint density at radius 2 is 1.44 bits per heavy atom. The molecule has 0 radical (unpaired) electrons. The number of hydrogen-bond acceptors (Lipinski definition) is 5. The first-order chi connectivity index (χ1) is 16.7. The molecule has 7 heteroatoms. The van der Waals surface area contributed by atoms with Crippen LogP contribution in [0.15, 0.2) is 97.1 Å². The third-order valence-corrected chi connectivity index (χ3v) is 5.52. The van der Waals surface area contributed by atoms with Gasteiger partial charge in [0.05, 0.1) is 22.4 Å². The van der Waals surface area contributed by atoms with E-state index < -0.39 is 6.09 Å². The van der Waals surface area contributed by atoms with Crippen molar-refractivity contribution in [2.45, 2.75) is 6.61 Å². The van der Waals surface area contributed by atoms with Gasteiger partial charge in [0.25, 0.3) is 0 Å². The molecule has 0 saturated heterocycles. The van der Waals surface area contributed by atoms with Crippen molar-refractivity contribution < 1.29 is 9.53 Å². The number of fused-ring (bicyclic) bond motifs is 2. The number of anilines is 3. The molecule has 3 N–H and O–H groups in total. The molecule has 0 fully saturated rings. The van der Waals surface area contributed by atoms with Gasteiger partial charge in [0.2, 0.25) is 0 Å². The Morgan fingerprint density at radius 3 is 2.18 bits per heavy atom. The number of rotatable bonds is 6. The predicted octanol–water partition coefficient (Wildman–Crippen LogP) is 7.23. The summed E-state index contributed by atoms with van der Waals surface area (Å²) in [5.41, 5.74) is 11.7. The molecule has 1 aromatic heterocycles. The number of nitrogens with one attached hydrogen (secondary N) is 3. The summed E-state index contributed by atoms with van der Waals surface area (Å²) in [6, 6.07) is 30.6. The fourth-order valence-electron chi connectivity index (χ4n) is 3.72. The minimum atomic E-state index is -0.548.